The van der Waals surface area contributed by atoms with E-state index >= 15 is 0 Å². The number of rotatable bonds is 3. The molecule has 4 rings (SSSR count). The molecule has 10 nitrogen and oxygen atoms in total. The van der Waals surface area contributed by atoms with Crippen molar-refractivity contribution in [2.24, 2.45) is 0 Å². The average Bonchev–Trinajstić information content (AvgIpc) is 3.07. The third-order valence-electron chi connectivity index (χ3n) is 3.91. The predicted octanol–water partition coefficient (Wildman–Crippen LogP) is -1.03. The average molecular weight is 340 g/mol. The molecule has 3 aromatic rings. The van der Waals surface area contributed by atoms with Crippen LogP contribution in [-0.4, -0.2) is 56.6 Å². The second-order valence-corrected chi connectivity index (χ2v) is 5.52. The lowest BCUT2D eigenvalue weighted by Crippen LogP contribution is -2.37. The molecular weight excluding hydrogens is 326 g/mol. The number of carboxylic acids is 1. The van der Waals surface area contributed by atoms with E-state index in [1.165, 1.54) is 6.20 Å². The number of nitrogen functional groups attached to an aromatic ring is 1. The number of imidazole rings is 1. The van der Waals surface area contributed by atoms with Crippen LogP contribution in [0, 0.1) is 0 Å². The summed E-state index contributed by atoms with van der Waals surface area (Å²) >= 11 is 0. The molecule has 0 aromatic carbocycles. The first-order valence-electron chi connectivity index (χ1n) is 7.63. The number of hydrogen-bond acceptors (Lipinski definition) is 9. The summed E-state index contributed by atoms with van der Waals surface area (Å²) in [6.45, 7) is 2.41. The molecule has 2 N–H and O–H groups in total. The number of carboxylic acid groups (broad SMARTS) is 1. The molecule has 128 valence electrons. The Hall–Kier alpha value is -3.27. The third-order valence-corrected chi connectivity index (χ3v) is 3.91. The van der Waals surface area contributed by atoms with Gasteiger partial charge in [0.1, 0.15) is 5.69 Å². The van der Waals surface area contributed by atoms with Gasteiger partial charge in [-0.2, -0.15) is 0 Å². The number of anilines is 2. The molecule has 0 saturated carbocycles. The maximum Gasteiger partial charge on any atom is 0.219 e. The van der Waals surface area contributed by atoms with E-state index in [2.05, 4.69) is 19.9 Å². The van der Waals surface area contributed by atoms with E-state index in [4.69, 9.17) is 10.5 Å². The Kier molecular flexibility index (Phi) is 3.65. The molecular formula is C15H14N7O3-. The van der Waals surface area contributed by atoms with Crippen LogP contribution in [0.5, 0.6) is 0 Å². The molecule has 0 unspecified atom stereocenters. The van der Waals surface area contributed by atoms with Gasteiger partial charge in [0.2, 0.25) is 5.95 Å². The Balaban J connectivity index is 1.89. The summed E-state index contributed by atoms with van der Waals surface area (Å²) in [7, 11) is 0. The van der Waals surface area contributed by atoms with Gasteiger partial charge in [0.25, 0.3) is 0 Å². The molecule has 1 fully saturated rings. The van der Waals surface area contributed by atoms with E-state index in [0.717, 1.165) is 0 Å². The normalized spacial score (nSPS) is 14.8. The molecule has 0 amide bonds. The van der Waals surface area contributed by atoms with E-state index in [9.17, 15) is 9.90 Å². The fourth-order valence-electron chi connectivity index (χ4n) is 2.68. The van der Waals surface area contributed by atoms with E-state index < -0.39 is 5.97 Å². The number of nitrogens with zero attached hydrogens (tertiary/aromatic N) is 6. The van der Waals surface area contributed by atoms with Crippen LogP contribution in [0.4, 0.5) is 11.8 Å². The fourth-order valence-corrected chi connectivity index (χ4v) is 2.68. The summed E-state index contributed by atoms with van der Waals surface area (Å²) < 4.78 is 6.99. The molecule has 3 aromatic heterocycles. The lowest BCUT2D eigenvalue weighted by Gasteiger charge is -2.28. The molecule has 1 aliphatic heterocycles. The Morgan fingerprint density at radius 2 is 1.88 bits per heavy atom. The quantitative estimate of drug-likeness (QED) is 0.634. The maximum atomic E-state index is 11.2. The molecule has 0 aliphatic carbocycles. The number of carbonyl (C=O) groups is 1. The highest BCUT2D eigenvalue weighted by atomic mass is 16.5. The van der Waals surface area contributed by atoms with Crippen molar-refractivity contribution in [3.8, 4) is 11.3 Å². The standard InChI is InChI=1S/C15H15N7O3/c16-15-17-5-9(6-18-15)10-7-22-8-11(14(23)24)20-13(22)12(19-10)21-1-3-25-4-2-21/h5-8H,1-4H2,(H,23,24)(H2,16,17,18)/p-1. The van der Waals surface area contributed by atoms with Crippen LogP contribution >= 0.6 is 0 Å². The largest absolute Gasteiger partial charge is 0.543 e. The highest BCUT2D eigenvalue weighted by Gasteiger charge is 2.19. The number of nitrogens with two attached hydrogens (primary N) is 1. The summed E-state index contributed by atoms with van der Waals surface area (Å²) in [6, 6.07) is 0. The molecule has 0 atom stereocenters. The van der Waals surface area contributed by atoms with E-state index in [1.807, 2.05) is 4.90 Å². The number of aromatic nitrogens is 5. The highest BCUT2D eigenvalue weighted by molar-refractivity contribution is 5.85. The van der Waals surface area contributed by atoms with E-state index in [0.29, 0.717) is 49.0 Å². The minimum Gasteiger partial charge on any atom is -0.543 e. The van der Waals surface area contributed by atoms with Crippen molar-refractivity contribution >= 4 is 23.4 Å². The predicted molar refractivity (Wildman–Crippen MR) is 85.8 cm³/mol. The van der Waals surface area contributed by atoms with Gasteiger partial charge in [0.05, 0.1) is 24.9 Å². The van der Waals surface area contributed by atoms with Crippen molar-refractivity contribution < 1.29 is 14.6 Å². The second-order valence-electron chi connectivity index (χ2n) is 5.52. The number of hydrogen-bond donors (Lipinski definition) is 1. The van der Waals surface area contributed by atoms with Gasteiger partial charge in [0.15, 0.2) is 11.5 Å². The molecule has 10 heteroatoms. The molecule has 1 saturated heterocycles. The number of morpholine rings is 1. The van der Waals surface area contributed by atoms with Crippen LogP contribution in [-0.2, 0) is 4.74 Å². The maximum absolute atomic E-state index is 11.2. The van der Waals surface area contributed by atoms with Gasteiger partial charge in [-0.25, -0.2) is 19.9 Å². The van der Waals surface area contributed by atoms with Crippen molar-refractivity contribution in [3.63, 3.8) is 0 Å². The van der Waals surface area contributed by atoms with Crippen LogP contribution in [0.2, 0.25) is 0 Å². The number of aromatic carboxylic acids is 1. The molecule has 1 aliphatic rings. The minimum absolute atomic E-state index is 0.151. The van der Waals surface area contributed by atoms with Crippen LogP contribution < -0.4 is 15.7 Å². The van der Waals surface area contributed by atoms with Crippen LogP contribution in [0.3, 0.4) is 0 Å². The van der Waals surface area contributed by atoms with E-state index in [1.54, 1.807) is 23.0 Å². The van der Waals surface area contributed by atoms with Gasteiger partial charge in [-0.1, -0.05) is 0 Å². The van der Waals surface area contributed by atoms with Gasteiger partial charge in [-0.05, 0) is 0 Å². The zero-order valence-corrected chi connectivity index (χ0v) is 13.1. The summed E-state index contributed by atoms with van der Waals surface area (Å²) in [5.74, 6) is -0.598. The first-order valence-corrected chi connectivity index (χ1v) is 7.63. The van der Waals surface area contributed by atoms with E-state index in [-0.39, 0.29) is 11.6 Å². The number of carbonyl (C=O) groups excluding carboxylic acids is 1. The van der Waals surface area contributed by atoms with Gasteiger partial charge in [0, 0.05) is 43.4 Å². The Morgan fingerprint density at radius 1 is 1.16 bits per heavy atom. The van der Waals surface area contributed by atoms with Crippen molar-refractivity contribution in [2.45, 2.75) is 0 Å². The Bertz CT molecular complexity index is 932. The highest BCUT2D eigenvalue weighted by Crippen LogP contribution is 2.25. The fraction of sp³-hybridized carbons (Fsp3) is 0.267. The monoisotopic (exact) mass is 340 g/mol. The lowest BCUT2D eigenvalue weighted by atomic mass is 10.2. The lowest BCUT2D eigenvalue weighted by molar-refractivity contribution is -0.255. The van der Waals surface area contributed by atoms with Crippen LogP contribution in [0.25, 0.3) is 16.9 Å². The Morgan fingerprint density at radius 3 is 2.56 bits per heavy atom. The summed E-state index contributed by atoms with van der Waals surface area (Å²) in [5, 5.41) is 11.2. The minimum atomic E-state index is -1.34. The molecule has 4 heterocycles. The van der Waals surface area contributed by atoms with Crippen molar-refractivity contribution in [3.05, 3.63) is 30.5 Å². The van der Waals surface area contributed by atoms with Crippen molar-refractivity contribution in [1.29, 1.82) is 0 Å². The van der Waals surface area contributed by atoms with Crippen molar-refractivity contribution in [2.75, 3.05) is 36.9 Å². The van der Waals surface area contributed by atoms with Crippen LogP contribution in [0.15, 0.2) is 24.8 Å². The molecule has 0 bridgehead atoms. The topological polar surface area (TPSA) is 135 Å². The molecule has 0 radical (unpaired) electrons. The zero-order valence-electron chi connectivity index (χ0n) is 13.1. The summed E-state index contributed by atoms with van der Waals surface area (Å²) in [4.78, 5) is 29.9. The van der Waals surface area contributed by atoms with Gasteiger partial charge >= 0.3 is 0 Å². The first-order chi connectivity index (χ1) is 12.1. The smallest absolute Gasteiger partial charge is 0.219 e. The van der Waals surface area contributed by atoms with Gasteiger partial charge < -0.3 is 29.7 Å². The molecule has 0 spiro atoms. The first kappa shape index (κ1) is 15.3. The SMILES string of the molecule is Nc1ncc(-c2cn3cc(C(=O)[O-])nc3c(N3CCOCC3)n2)cn1. The van der Waals surface area contributed by atoms with Gasteiger partial charge in [-0.3, -0.25) is 0 Å². The summed E-state index contributed by atoms with van der Waals surface area (Å²) in [5.41, 5.74) is 7.06. The Labute approximate surface area is 141 Å². The molecule has 25 heavy (non-hydrogen) atoms. The van der Waals surface area contributed by atoms with Gasteiger partial charge in [-0.15, -0.1) is 0 Å². The summed E-state index contributed by atoms with van der Waals surface area (Å²) in [6.07, 6.45) is 6.21. The number of fused-ring (bicyclic) bond motifs is 1. The third kappa shape index (κ3) is 2.83. The van der Waals surface area contributed by atoms with Crippen LogP contribution in [0.1, 0.15) is 10.5 Å². The van der Waals surface area contributed by atoms with Crippen molar-refractivity contribution in [1.82, 2.24) is 24.3 Å². The number of ether oxygens (including phenoxy) is 1. The zero-order chi connectivity index (χ0) is 17.4. The second kappa shape index (κ2) is 5.98.